The van der Waals surface area contributed by atoms with Crippen molar-refractivity contribution in [2.24, 2.45) is 0 Å². The highest BCUT2D eigenvalue weighted by molar-refractivity contribution is 5.93. The molecule has 154 valence electrons. The van der Waals surface area contributed by atoms with E-state index in [0.29, 0.717) is 16.7 Å². The first-order valence-corrected chi connectivity index (χ1v) is 9.23. The van der Waals surface area contributed by atoms with Crippen LogP contribution in [0.25, 0.3) is 28.0 Å². The van der Waals surface area contributed by atoms with Crippen LogP contribution in [0, 0.1) is 0 Å². The second-order valence-corrected chi connectivity index (χ2v) is 7.02. The van der Waals surface area contributed by atoms with Crippen LogP contribution in [0.5, 0.6) is 0 Å². The molecular weight excluding hydrogens is 402 g/mol. The van der Waals surface area contributed by atoms with Gasteiger partial charge in [0.05, 0.1) is 6.04 Å². The van der Waals surface area contributed by atoms with E-state index in [-0.39, 0.29) is 29.9 Å². The van der Waals surface area contributed by atoms with Crippen LogP contribution in [-0.2, 0) is 4.79 Å². The molecule has 4 aromatic rings. The predicted octanol–water partition coefficient (Wildman–Crippen LogP) is 3.64. The SMILES string of the molecule is CC(c1cc2ccccc2[nH]1)N(C)C(=O)/C=C/c1cnc2[nH]c(=O)cc(N)c2c1.Cl. The summed E-state index contributed by atoms with van der Waals surface area (Å²) in [7, 11) is 1.77. The molecule has 4 N–H and O–H groups in total. The maximum atomic E-state index is 12.7. The summed E-state index contributed by atoms with van der Waals surface area (Å²) in [6, 6.07) is 13.1. The molecule has 0 radical (unpaired) electrons. The molecule has 0 fully saturated rings. The largest absolute Gasteiger partial charge is 0.398 e. The summed E-state index contributed by atoms with van der Waals surface area (Å²) in [6.45, 7) is 1.98. The summed E-state index contributed by atoms with van der Waals surface area (Å²) in [5, 5.41) is 1.75. The van der Waals surface area contributed by atoms with Crippen molar-refractivity contribution in [2.75, 3.05) is 12.8 Å². The fraction of sp³-hybridized carbons (Fsp3) is 0.136. The molecule has 0 aliphatic carbocycles. The highest BCUT2D eigenvalue weighted by Crippen LogP contribution is 2.23. The van der Waals surface area contributed by atoms with Gasteiger partial charge in [0, 0.05) is 47.7 Å². The van der Waals surface area contributed by atoms with E-state index in [9.17, 15) is 9.59 Å². The van der Waals surface area contributed by atoms with Crippen LogP contribution in [0.2, 0.25) is 0 Å². The Balaban J connectivity index is 0.00000256. The standard InChI is InChI=1S/C22H21N5O2.ClH/c1-13(19-10-15-5-3-4-6-18(15)25-19)27(2)21(29)8-7-14-9-16-17(23)11-20(28)26-22(16)24-12-14;/h3-13,25H,1-2H3,(H3,23,24,26,28);1H/b8-7+;. The Labute approximate surface area is 179 Å². The van der Waals surface area contributed by atoms with E-state index >= 15 is 0 Å². The van der Waals surface area contributed by atoms with Gasteiger partial charge in [-0.05, 0) is 42.1 Å². The van der Waals surface area contributed by atoms with E-state index in [2.05, 4.69) is 21.0 Å². The third-order valence-corrected chi connectivity index (χ3v) is 5.10. The number of nitrogens with two attached hydrogens (primary N) is 1. The van der Waals surface area contributed by atoms with Crippen LogP contribution in [0.4, 0.5) is 5.69 Å². The van der Waals surface area contributed by atoms with E-state index in [1.807, 2.05) is 31.2 Å². The molecule has 8 heteroatoms. The molecule has 7 nitrogen and oxygen atoms in total. The highest BCUT2D eigenvalue weighted by atomic mass is 35.5. The number of pyridine rings is 2. The summed E-state index contributed by atoms with van der Waals surface area (Å²) >= 11 is 0. The molecule has 1 atom stereocenters. The maximum Gasteiger partial charge on any atom is 0.251 e. The first-order valence-electron chi connectivity index (χ1n) is 9.23. The summed E-state index contributed by atoms with van der Waals surface area (Å²) < 4.78 is 0. The Hall–Kier alpha value is -3.58. The lowest BCUT2D eigenvalue weighted by molar-refractivity contribution is -0.126. The lowest BCUT2D eigenvalue weighted by Crippen LogP contribution is -2.28. The number of anilines is 1. The van der Waals surface area contributed by atoms with Crippen molar-refractivity contribution in [3.05, 3.63) is 76.3 Å². The first kappa shape index (κ1) is 21.1. The molecule has 4 rings (SSSR count). The van der Waals surface area contributed by atoms with Gasteiger partial charge in [0.2, 0.25) is 5.91 Å². The minimum atomic E-state index is -0.298. The Morgan fingerprint density at radius 3 is 2.73 bits per heavy atom. The van der Waals surface area contributed by atoms with Gasteiger partial charge in [0.1, 0.15) is 5.65 Å². The van der Waals surface area contributed by atoms with Crippen molar-refractivity contribution in [2.45, 2.75) is 13.0 Å². The van der Waals surface area contributed by atoms with Crippen LogP contribution in [0.1, 0.15) is 24.2 Å². The van der Waals surface area contributed by atoms with Crippen molar-refractivity contribution in [1.29, 1.82) is 0 Å². The van der Waals surface area contributed by atoms with Gasteiger partial charge in [-0.1, -0.05) is 18.2 Å². The zero-order chi connectivity index (χ0) is 20.5. The number of rotatable bonds is 4. The minimum absolute atomic E-state index is 0. The van der Waals surface area contributed by atoms with Gasteiger partial charge in [0.15, 0.2) is 0 Å². The van der Waals surface area contributed by atoms with E-state index in [1.54, 1.807) is 30.3 Å². The molecule has 1 aromatic carbocycles. The fourth-order valence-electron chi connectivity index (χ4n) is 3.27. The number of hydrogen-bond acceptors (Lipinski definition) is 4. The Kier molecular flexibility index (Phi) is 5.94. The monoisotopic (exact) mass is 423 g/mol. The van der Waals surface area contributed by atoms with Crippen molar-refractivity contribution in [1.82, 2.24) is 19.9 Å². The molecule has 3 heterocycles. The molecule has 1 amide bonds. The number of para-hydroxylation sites is 1. The lowest BCUT2D eigenvalue weighted by atomic mass is 10.1. The number of aromatic amines is 2. The summed E-state index contributed by atoms with van der Waals surface area (Å²) in [6.07, 6.45) is 4.78. The number of H-pyrrole nitrogens is 2. The number of halogens is 1. The molecule has 0 spiro atoms. The number of nitrogens with zero attached hydrogens (tertiary/aromatic N) is 2. The summed E-state index contributed by atoms with van der Waals surface area (Å²) in [5.74, 6) is -0.134. The second kappa shape index (κ2) is 8.42. The van der Waals surface area contributed by atoms with Gasteiger partial charge in [-0.3, -0.25) is 9.59 Å². The summed E-state index contributed by atoms with van der Waals surface area (Å²) in [5.41, 5.74) is 9.11. The van der Waals surface area contributed by atoms with Gasteiger partial charge in [0.25, 0.3) is 5.56 Å². The van der Waals surface area contributed by atoms with Crippen LogP contribution in [0.3, 0.4) is 0 Å². The van der Waals surface area contributed by atoms with E-state index in [1.165, 1.54) is 12.1 Å². The topological polar surface area (TPSA) is 108 Å². The molecular formula is C22H22ClN5O2. The van der Waals surface area contributed by atoms with Crippen molar-refractivity contribution in [3.63, 3.8) is 0 Å². The lowest BCUT2D eigenvalue weighted by Gasteiger charge is -2.22. The number of nitrogen functional groups attached to an aromatic ring is 1. The van der Waals surface area contributed by atoms with Crippen LogP contribution >= 0.6 is 12.4 Å². The van der Waals surface area contributed by atoms with Crippen LogP contribution in [-0.4, -0.2) is 32.8 Å². The molecule has 0 saturated heterocycles. The molecule has 30 heavy (non-hydrogen) atoms. The smallest absolute Gasteiger partial charge is 0.251 e. The van der Waals surface area contributed by atoms with Crippen LogP contribution < -0.4 is 11.3 Å². The first-order chi connectivity index (χ1) is 13.9. The average molecular weight is 424 g/mol. The highest BCUT2D eigenvalue weighted by Gasteiger charge is 2.17. The quantitative estimate of drug-likeness (QED) is 0.435. The number of fused-ring (bicyclic) bond motifs is 2. The molecule has 0 saturated carbocycles. The average Bonchev–Trinajstić information content (AvgIpc) is 3.15. The van der Waals surface area contributed by atoms with E-state index in [4.69, 9.17) is 5.73 Å². The van der Waals surface area contributed by atoms with Gasteiger partial charge in [-0.15, -0.1) is 12.4 Å². The molecule has 3 aromatic heterocycles. The third kappa shape index (κ3) is 4.06. The van der Waals surface area contributed by atoms with Gasteiger partial charge in [-0.2, -0.15) is 0 Å². The molecule has 0 bridgehead atoms. The maximum absolute atomic E-state index is 12.7. The van der Waals surface area contributed by atoms with Crippen molar-refractivity contribution in [3.8, 4) is 0 Å². The number of nitrogens with one attached hydrogen (secondary N) is 2. The predicted molar refractivity (Wildman–Crippen MR) is 123 cm³/mol. The molecule has 0 aliphatic heterocycles. The Morgan fingerprint density at radius 1 is 1.20 bits per heavy atom. The summed E-state index contributed by atoms with van der Waals surface area (Å²) in [4.78, 5) is 36.0. The number of likely N-dealkylation sites (N-methyl/N-ethyl adjacent to an activating group) is 1. The van der Waals surface area contributed by atoms with Crippen LogP contribution in [0.15, 0.2) is 59.5 Å². The number of carbonyl (C=O) groups excluding carboxylic acids is 1. The number of carbonyl (C=O) groups is 1. The minimum Gasteiger partial charge on any atom is -0.398 e. The fourth-order valence-corrected chi connectivity index (χ4v) is 3.27. The Morgan fingerprint density at radius 2 is 1.97 bits per heavy atom. The van der Waals surface area contributed by atoms with E-state index < -0.39 is 0 Å². The normalized spacial score (nSPS) is 12.2. The zero-order valence-electron chi connectivity index (χ0n) is 16.5. The number of aromatic nitrogens is 3. The Bertz CT molecular complexity index is 1270. The third-order valence-electron chi connectivity index (χ3n) is 5.10. The number of benzene rings is 1. The second-order valence-electron chi connectivity index (χ2n) is 7.02. The van der Waals surface area contributed by atoms with E-state index in [0.717, 1.165) is 22.2 Å². The number of amides is 1. The molecule has 0 aliphatic rings. The van der Waals surface area contributed by atoms with Gasteiger partial charge >= 0.3 is 0 Å². The zero-order valence-corrected chi connectivity index (χ0v) is 17.4. The van der Waals surface area contributed by atoms with Crippen molar-refractivity contribution < 1.29 is 4.79 Å². The number of hydrogen-bond donors (Lipinski definition) is 3. The van der Waals surface area contributed by atoms with Crippen molar-refractivity contribution >= 4 is 52.0 Å². The molecule has 1 unspecified atom stereocenters. The van der Waals surface area contributed by atoms with Gasteiger partial charge < -0.3 is 20.6 Å². The van der Waals surface area contributed by atoms with Gasteiger partial charge in [-0.25, -0.2) is 4.98 Å².